The Morgan fingerprint density at radius 1 is 1.39 bits per heavy atom. The number of aliphatic hydroxyl groups is 1. The topological polar surface area (TPSA) is 149 Å². The average Bonchev–Trinajstić information content (AvgIpc) is 3.09. The van der Waals surface area contributed by atoms with Gasteiger partial charge >= 0.3 is 17.8 Å². The van der Waals surface area contributed by atoms with E-state index in [0.717, 1.165) is 0 Å². The van der Waals surface area contributed by atoms with Crippen molar-refractivity contribution in [2.24, 2.45) is 5.92 Å². The lowest BCUT2D eigenvalue weighted by atomic mass is 10.0. The van der Waals surface area contributed by atoms with Gasteiger partial charge in [-0.15, -0.1) is 0 Å². The summed E-state index contributed by atoms with van der Waals surface area (Å²) in [5, 5.41) is 12.2. The van der Waals surface area contributed by atoms with Crippen molar-refractivity contribution in [1.29, 1.82) is 0 Å². The summed E-state index contributed by atoms with van der Waals surface area (Å²) in [6.07, 6.45) is -0.598. The van der Waals surface area contributed by atoms with Crippen molar-refractivity contribution in [3.63, 3.8) is 0 Å². The highest BCUT2D eigenvalue weighted by Gasteiger charge is 2.41. The van der Waals surface area contributed by atoms with Gasteiger partial charge in [0, 0.05) is 12.6 Å². The maximum atomic E-state index is 12.8. The van der Waals surface area contributed by atoms with Gasteiger partial charge in [-0.1, -0.05) is 29.8 Å². The molecule has 3 N–H and O–H groups in total. The average molecular weight is 532 g/mol. The van der Waals surface area contributed by atoms with Crippen LogP contribution in [0.3, 0.4) is 0 Å². The Kier molecular flexibility index (Phi) is 9.04. The third-order valence-electron chi connectivity index (χ3n) is 4.77. The molecule has 0 bridgehead atoms. The van der Waals surface area contributed by atoms with Gasteiger partial charge in [0.05, 0.1) is 12.2 Å². The third-order valence-corrected chi connectivity index (χ3v) is 5.03. The highest BCUT2D eigenvalue weighted by molar-refractivity contribution is 9.11. The Morgan fingerprint density at radius 2 is 2.06 bits per heavy atom. The molecule has 0 saturated carbocycles. The van der Waals surface area contributed by atoms with E-state index in [9.17, 15) is 24.3 Å². The van der Waals surface area contributed by atoms with Gasteiger partial charge in [-0.05, 0) is 37.8 Å². The van der Waals surface area contributed by atoms with Gasteiger partial charge in [0.25, 0.3) is 5.56 Å². The number of aliphatic hydroxyl groups excluding tert-OH is 1. The zero-order chi connectivity index (χ0) is 24.9. The van der Waals surface area contributed by atoms with Gasteiger partial charge < -0.3 is 24.6 Å². The number of esters is 1. The molecule has 1 aliphatic heterocycles. The van der Waals surface area contributed by atoms with E-state index < -0.39 is 60.0 Å². The van der Waals surface area contributed by atoms with Crippen LogP contribution in [0.15, 0.2) is 20.8 Å². The minimum absolute atomic E-state index is 0.0532. The fourth-order valence-corrected chi connectivity index (χ4v) is 3.50. The summed E-state index contributed by atoms with van der Waals surface area (Å²) in [6, 6.07) is -0.996. The predicted molar refractivity (Wildman–Crippen MR) is 123 cm³/mol. The van der Waals surface area contributed by atoms with Crippen molar-refractivity contribution in [3.8, 4) is 0 Å². The van der Waals surface area contributed by atoms with E-state index in [1.807, 2.05) is 0 Å². The summed E-state index contributed by atoms with van der Waals surface area (Å²) >= 11 is 3.08. The smallest absolute Gasteiger partial charge is 0.408 e. The van der Waals surface area contributed by atoms with Gasteiger partial charge in [0.2, 0.25) is 0 Å². The number of ether oxygens (including phenoxy) is 3. The van der Waals surface area contributed by atoms with E-state index in [0.29, 0.717) is 0 Å². The lowest BCUT2D eigenvalue weighted by molar-refractivity contribution is -0.156. The number of carbonyl (C=O) groups excluding carboxylic acids is 2. The van der Waals surface area contributed by atoms with Crippen LogP contribution >= 0.6 is 15.9 Å². The molecule has 2 heterocycles. The maximum absolute atomic E-state index is 12.8. The molecule has 0 unspecified atom stereocenters. The Labute approximate surface area is 199 Å². The van der Waals surface area contributed by atoms with Crippen LogP contribution in [0, 0.1) is 5.92 Å². The van der Waals surface area contributed by atoms with Crippen LogP contribution in [-0.2, 0) is 19.0 Å². The second-order valence-electron chi connectivity index (χ2n) is 8.93. The lowest BCUT2D eigenvalue weighted by Crippen LogP contribution is -2.48. The van der Waals surface area contributed by atoms with Crippen LogP contribution in [0.5, 0.6) is 0 Å². The van der Waals surface area contributed by atoms with Crippen molar-refractivity contribution < 1.29 is 28.9 Å². The summed E-state index contributed by atoms with van der Waals surface area (Å²) in [5.74, 6) is -1.03. The van der Waals surface area contributed by atoms with Crippen molar-refractivity contribution in [2.75, 3.05) is 6.61 Å². The van der Waals surface area contributed by atoms with Crippen molar-refractivity contribution >= 4 is 34.1 Å². The molecule has 0 aromatic carbocycles. The number of hydrogen-bond donors (Lipinski definition) is 3. The van der Waals surface area contributed by atoms with Crippen molar-refractivity contribution in [1.82, 2.24) is 14.9 Å². The molecule has 2 rings (SSSR count). The van der Waals surface area contributed by atoms with Crippen LogP contribution in [-0.4, -0.2) is 57.2 Å². The third kappa shape index (κ3) is 7.27. The molecule has 33 heavy (non-hydrogen) atoms. The first-order valence-corrected chi connectivity index (χ1v) is 11.4. The number of nitrogens with zero attached hydrogens (tertiary/aromatic N) is 1. The highest BCUT2D eigenvalue weighted by Crippen LogP contribution is 2.30. The minimum atomic E-state index is -0.996. The van der Waals surface area contributed by atoms with Gasteiger partial charge in [-0.25, -0.2) is 14.4 Å². The number of aromatic amines is 1. The van der Waals surface area contributed by atoms with E-state index in [2.05, 4.69) is 26.2 Å². The maximum Gasteiger partial charge on any atom is 0.408 e. The Balaban J connectivity index is 2.18. The lowest BCUT2D eigenvalue weighted by Gasteiger charge is -2.26. The molecule has 11 nitrogen and oxygen atoms in total. The molecule has 1 aliphatic rings. The van der Waals surface area contributed by atoms with Gasteiger partial charge in [-0.2, -0.15) is 0 Å². The van der Waals surface area contributed by atoms with E-state index in [4.69, 9.17) is 14.2 Å². The number of H-pyrrole nitrogens is 1. The Hall–Kier alpha value is -2.44. The number of carbonyl (C=O) groups is 2. The molecule has 1 amide bonds. The SMILES string of the molecule is CC(C)[C@@H](NC(=O)OC(C)(C)C)C(=O)O[C@H]1C[C@H](n2cc(/C=C/Br)c(=O)[nH]c2=O)O[C@@H]1CO. The summed E-state index contributed by atoms with van der Waals surface area (Å²) in [5.41, 5.74) is -1.80. The summed E-state index contributed by atoms with van der Waals surface area (Å²) in [4.78, 5) is 52.8. The fourth-order valence-electron chi connectivity index (χ4n) is 3.22. The first kappa shape index (κ1) is 26.8. The van der Waals surface area contributed by atoms with E-state index in [1.54, 1.807) is 34.6 Å². The number of nitrogens with one attached hydrogen (secondary N) is 2. The van der Waals surface area contributed by atoms with Gasteiger partial charge in [0.15, 0.2) is 0 Å². The number of hydrogen-bond acceptors (Lipinski definition) is 8. The van der Waals surface area contributed by atoms with E-state index in [1.165, 1.54) is 21.8 Å². The zero-order valence-corrected chi connectivity index (χ0v) is 20.7. The molecule has 1 saturated heterocycles. The molecular formula is C21H30BrN3O8. The summed E-state index contributed by atoms with van der Waals surface area (Å²) < 4.78 is 17.7. The first-order chi connectivity index (χ1) is 15.4. The quantitative estimate of drug-likeness (QED) is 0.449. The van der Waals surface area contributed by atoms with Gasteiger partial charge in [-0.3, -0.25) is 14.3 Å². The molecule has 0 spiro atoms. The largest absolute Gasteiger partial charge is 0.458 e. The van der Waals surface area contributed by atoms with Crippen LogP contribution in [0.25, 0.3) is 6.08 Å². The second-order valence-corrected chi connectivity index (χ2v) is 9.46. The fraction of sp³-hybridized carbons (Fsp3) is 0.619. The first-order valence-electron chi connectivity index (χ1n) is 10.4. The molecular weight excluding hydrogens is 502 g/mol. The summed E-state index contributed by atoms with van der Waals surface area (Å²) in [7, 11) is 0. The molecule has 0 radical (unpaired) electrons. The van der Waals surface area contributed by atoms with Crippen molar-refractivity contribution in [3.05, 3.63) is 37.6 Å². The predicted octanol–water partition coefficient (Wildman–Crippen LogP) is 1.64. The molecule has 1 aromatic heterocycles. The van der Waals surface area contributed by atoms with Crippen LogP contribution in [0.1, 0.15) is 52.8 Å². The number of rotatable bonds is 7. The van der Waals surface area contributed by atoms with E-state index >= 15 is 0 Å². The zero-order valence-electron chi connectivity index (χ0n) is 19.2. The Bertz CT molecular complexity index is 994. The molecule has 1 aromatic rings. The standard InChI is InChI=1S/C21H30BrN3O8/c1-11(2)16(23-20(30)33-21(3,4)5)18(28)32-13-8-15(31-14(13)10-26)25-9-12(6-7-22)17(27)24-19(25)29/h6-7,9,11,13-16,26H,8,10H2,1-5H3,(H,23,30)(H,24,27,29)/b7-6+/t13-,14+,15+,16+/m0/s1. The molecule has 12 heteroatoms. The van der Waals surface area contributed by atoms with Gasteiger partial charge in [0.1, 0.15) is 30.1 Å². The normalized spacial score (nSPS) is 21.9. The number of halogens is 1. The summed E-state index contributed by atoms with van der Waals surface area (Å²) in [6.45, 7) is 8.12. The number of amides is 1. The van der Waals surface area contributed by atoms with E-state index in [-0.39, 0.29) is 17.9 Å². The molecule has 184 valence electrons. The van der Waals surface area contributed by atoms with Crippen LogP contribution in [0.4, 0.5) is 4.79 Å². The van der Waals surface area contributed by atoms with Crippen molar-refractivity contribution in [2.45, 2.75) is 71.1 Å². The highest BCUT2D eigenvalue weighted by atomic mass is 79.9. The van der Waals surface area contributed by atoms with Crippen LogP contribution < -0.4 is 16.6 Å². The number of aromatic nitrogens is 2. The molecule has 4 atom stereocenters. The minimum Gasteiger partial charge on any atom is -0.458 e. The molecule has 0 aliphatic carbocycles. The number of alkyl carbamates (subject to hydrolysis) is 1. The Morgan fingerprint density at radius 3 is 2.61 bits per heavy atom. The molecule has 1 fully saturated rings. The monoisotopic (exact) mass is 531 g/mol. The van der Waals surface area contributed by atoms with Crippen LogP contribution in [0.2, 0.25) is 0 Å². The second kappa shape index (κ2) is 11.1.